The SMILES string of the molecule is CC1CC=CCC1COCC(O)CNCC(C)(C)C(N)=O. The van der Waals surface area contributed by atoms with Crippen molar-refractivity contribution in [2.75, 3.05) is 26.3 Å². The van der Waals surface area contributed by atoms with Gasteiger partial charge in [0.2, 0.25) is 5.91 Å². The average molecular weight is 298 g/mol. The summed E-state index contributed by atoms with van der Waals surface area (Å²) in [7, 11) is 0. The molecule has 1 amide bonds. The molecule has 5 heteroatoms. The molecule has 0 aliphatic heterocycles. The molecule has 0 aromatic carbocycles. The lowest BCUT2D eigenvalue weighted by Crippen LogP contribution is -2.43. The Bertz CT molecular complexity index is 355. The maximum Gasteiger partial charge on any atom is 0.224 e. The van der Waals surface area contributed by atoms with Crippen molar-refractivity contribution in [1.82, 2.24) is 5.32 Å². The van der Waals surface area contributed by atoms with E-state index in [1.807, 2.05) is 0 Å². The molecule has 3 atom stereocenters. The Balaban J connectivity index is 2.13. The number of carbonyl (C=O) groups is 1. The molecule has 0 saturated carbocycles. The highest BCUT2D eigenvalue weighted by Crippen LogP contribution is 2.24. The summed E-state index contributed by atoms with van der Waals surface area (Å²) >= 11 is 0. The Morgan fingerprint density at radius 2 is 2.14 bits per heavy atom. The van der Waals surface area contributed by atoms with E-state index in [0.29, 0.717) is 38.1 Å². The van der Waals surface area contributed by atoms with E-state index < -0.39 is 11.5 Å². The minimum Gasteiger partial charge on any atom is -0.389 e. The van der Waals surface area contributed by atoms with Crippen LogP contribution in [-0.4, -0.2) is 43.4 Å². The molecule has 0 aromatic rings. The van der Waals surface area contributed by atoms with Crippen LogP contribution in [0.3, 0.4) is 0 Å². The molecule has 0 bridgehead atoms. The Morgan fingerprint density at radius 3 is 2.76 bits per heavy atom. The lowest BCUT2D eigenvalue weighted by Gasteiger charge is -2.26. The summed E-state index contributed by atoms with van der Waals surface area (Å²) in [5.74, 6) is 0.839. The summed E-state index contributed by atoms with van der Waals surface area (Å²) in [6.07, 6.45) is 6.03. The van der Waals surface area contributed by atoms with Gasteiger partial charge < -0.3 is 20.9 Å². The molecule has 1 rings (SSSR count). The predicted molar refractivity (Wildman–Crippen MR) is 83.7 cm³/mol. The fourth-order valence-corrected chi connectivity index (χ4v) is 2.29. The first-order valence-electron chi connectivity index (χ1n) is 7.74. The van der Waals surface area contributed by atoms with Crippen molar-refractivity contribution in [3.63, 3.8) is 0 Å². The quantitative estimate of drug-likeness (QED) is 0.556. The molecule has 1 aliphatic rings. The van der Waals surface area contributed by atoms with Crippen LogP contribution in [0.4, 0.5) is 0 Å². The number of hydrogen-bond donors (Lipinski definition) is 3. The van der Waals surface area contributed by atoms with Gasteiger partial charge in [0.1, 0.15) is 0 Å². The largest absolute Gasteiger partial charge is 0.389 e. The van der Waals surface area contributed by atoms with Crippen LogP contribution >= 0.6 is 0 Å². The first kappa shape index (κ1) is 18.1. The van der Waals surface area contributed by atoms with E-state index in [0.717, 1.165) is 12.8 Å². The number of aliphatic hydroxyl groups excluding tert-OH is 1. The Kier molecular flexibility index (Phi) is 7.35. The molecular weight excluding hydrogens is 268 g/mol. The molecule has 0 spiro atoms. The van der Waals surface area contributed by atoms with E-state index in [2.05, 4.69) is 24.4 Å². The standard InChI is InChI=1S/C16H30N2O3/c1-12-6-4-5-7-13(12)9-21-10-14(19)8-18-11-16(2,3)15(17)20/h4-5,12-14,18-19H,6-11H2,1-3H3,(H2,17,20). The first-order valence-corrected chi connectivity index (χ1v) is 7.74. The van der Waals surface area contributed by atoms with Gasteiger partial charge in [0, 0.05) is 13.1 Å². The van der Waals surface area contributed by atoms with Crippen molar-refractivity contribution in [2.45, 2.75) is 39.7 Å². The van der Waals surface area contributed by atoms with Crippen LogP contribution in [-0.2, 0) is 9.53 Å². The van der Waals surface area contributed by atoms with Crippen LogP contribution < -0.4 is 11.1 Å². The molecule has 3 unspecified atom stereocenters. The molecule has 0 saturated heterocycles. The van der Waals surface area contributed by atoms with Crippen molar-refractivity contribution < 1.29 is 14.6 Å². The van der Waals surface area contributed by atoms with Crippen molar-refractivity contribution in [3.05, 3.63) is 12.2 Å². The second kappa shape index (κ2) is 8.51. The van der Waals surface area contributed by atoms with E-state index >= 15 is 0 Å². The topological polar surface area (TPSA) is 84.6 Å². The second-order valence-electron chi connectivity index (χ2n) is 6.75. The lowest BCUT2D eigenvalue weighted by atomic mass is 9.85. The number of nitrogens with one attached hydrogen (secondary N) is 1. The van der Waals surface area contributed by atoms with Crippen LogP contribution in [0.15, 0.2) is 12.2 Å². The number of carbonyl (C=O) groups excluding carboxylic acids is 1. The summed E-state index contributed by atoms with van der Waals surface area (Å²) in [6, 6.07) is 0. The van der Waals surface area contributed by atoms with Crippen LogP contribution in [0.1, 0.15) is 33.6 Å². The van der Waals surface area contributed by atoms with Crippen molar-refractivity contribution in [1.29, 1.82) is 0 Å². The number of aliphatic hydroxyl groups is 1. The van der Waals surface area contributed by atoms with Gasteiger partial charge in [-0.3, -0.25) is 4.79 Å². The summed E-state index contributed by atoms with van der Waals surface area (Å²) < 4.78 is 5.62. The van der Waals surface area contributed by atoms with Gasteiger partial charge >= 0.3 is 0 Å². The highest BCUT2D eigenvalue weighted by Gasteiger charge is 2.24. The molecule has 4 N–H and O–H groups in total. The highest BCUT2D eigenvalue weighted by molar-refractivity contribution is 5.80. The molecule has 0 fully saturated rings. The molecule has 0 aromatic heterocycles. The fraction of sp³-hybridized carbons (Fsp3) is 0.812. The van der Waals surface area contributed by atoms with Gasteiger partial charge in [0.05, 0.1) is 24.7 Å². The van der Waals surface area contributed by atoms with Crippen LogP contribution in [0.2, 0.25) is 0 Å². The summed E-state index contributed by atoms with van der Waals surface area (Å²) in [5.41, 5.74) is 4.68. The van der Waals surface area contributed by atoms with Gasteiger partial charge in [0.25, 0.3) is 0 Å². The summed E-state index contributed by atoms with van der Waals surface area (Å²) in [6.45, 7) is 7.65. The molecular formula is C16H30N2O3. The zero-order valence-electron chi connectivity index (χ0n) is 13.5. The third-order valence-electron chi connectivity index (χ3n) is 4.17. The van der Waals surface area contributed by atoms with Gasteiger partial charge in [-0.05, 0) is 38.5 Å². The zero-order valence-corrected chi connectivity index (χ0v) is 13.5. The van der Waals surface area contributed by atoms with E-state index in [1.54, 1.807) is 13.8 Å². The van der Waals surface area contributed by atoms with Gasteiger partial charge in [0.15, 0.2) is 0 Å². The van der Waals surface area contributed by atoms with Crippen LogP contribution in [0.5, 0.6) is 0 Å². The zero-order chi connectivity index (χ0) is 15.9. The van der Waals surface area contributed by atoms with Crippen molar-refractivity contribution in [3.8, 4) is 0 Å². The lowest BCUT2D eigenvalue weighted by molar-refractivity contribution is -0.125. The number of allylic oxidation sites excluding steroid dienone is 2. The second-order valence-corrected chi connectivity index (χ2v) is 6.75. The normalized spacial score (nSPS) is 24.0. The van der Waals surface area contributed by atoms with Crippen LogP contribution in [0.25, 0.3) is 0 Å². The first-order chi connectivity index (χ1) is 9.83. The number of amides is 1. The maximum atomic E-state index is 11.2. The highest BCUT2D eigenvalue weighted by atomic mass is 16.5. The van der Waals surface area contributed by atoms with E-state index in [-0.39, 0.29) is 5.91 Å². The van der Waals surface area contributed by atoms with E-state index in [4.69, 9.17) is 10.5 Å². The minimum atomic E-state index is -0.607. The molecule has 122 valence electrons. The number of nitrogens with two attached hydrogens (primary N) is 1. The average Bonchev–Trinajstić information content (AvgIpc) is 2.40. The van der Waals surface area contributed by atoms with Gasteiger partial charge in [-0.15, -0.1) is 0 Å². The maximum absolute atomic E-state index is 11.2. The molecule has 0 heterocycles. The Morgan fingerprint density at radius 1 is 1.48 bits per heavy atom. The monoisotopic (exact) mass is 298 g/mol. The number of rotatable bonds is 9. The van der Waals surface area contributed by atoms with Crippen molar-refractivity contribution in [2.24, 2.45) is 23.0 Å². The van der Waals surface area contributed by atoms with Gasteiger partial charge in [-0.1, -0.05) is 19.1 Å². The van der Waals surface area contributed by atoms with Crippen LogP contribution in [0, 0.1) is 17.3 Å². The number of primary amides is 1. The van der Waals surface area contributed by atoms with Gasteiger partial charge in [-0.2, -0.15) is 0 Å². The summed E-state index contributed by atoms with van der Waals surface area (Å²) in [5, 5.41) is 12.9. The smallest absolute Gasteiger partial charge is 0.224 e. The molecule has 21 heavy (non-hydrogen) atoms. The Labute approximate surface area is 127 Å². The molecule has 0 radical (unpaired) electrons. The molecule has 5 nitrogen and oxygen atoms in total. The predicted octanol–water partition coefficient (Wildman–Crippen LogP) is 1.07. The Hall–Kier alpha value is -0.910. The third-order valence-corrected chi connectivity index (χ3v) is 4.17. The van der Waals surface area contributed by atoms with E-state index in [9.17, 15) is 9.90 Å². The van der Waals surface area contributed by atoms with Gasteiger partial charge in [-0.25, -0.2) is 0 Å². The third kappa shape index (κ3) is 6.59. The van der Waals surface area contributed by atoms with Crippen molar-refractivity contribution >= 4 is 5.91 Å². The summed E-state index contributed by atoms with van der Waals surface area (Å²) in [4.78, 5) is 11.2. The minimum absolute atomic E-state index is 0.316. The molecule has 1 aliphatic carbocycles. The number of hydrogen-bond acceptors (Lipinski definition) is 4. The fourth-order valence-electron chi connectivity index (χ4n) is 2.29. The number of ether oxygens (including phenoxy) is 1. The van der Waals surface area contributed by atoms with E-state index in [1.165, 1.54) is 0 Å².